The molecule has 13 heteroatoms. The number of anilines is 3. The molecule has 0 saturated heterocycles. The molecule has 190 valence electrons. The van der Waals surface area contributed by atoms with Crippen LogP contribution in [0.1, 0.15) is 40.1 Å². The van der Waals surface area contributed by atoms with Crippen molar-refractivity contribution >= 4 is 34.8 Å². The number of nitrogens with zero attached hydrogens (tertiary/aromatic N) is 7. The molecule has 2 amide bonds. The van der Waals surface area contributed by atoms with Crippen molar-refractivity contribution in [3.05, 3.63) is 64.6 Å². The van der Waals surface area contributed by atoms with Crippen LogP contribution in [-0.4, -0.2) is 73.0 Å². The summed E-state index contributed by atoms with van der Waals surface area (Å²) in [4.78, 5) is 52.5. The van der Waals surface area contributed by atoms with Gasteiger partial charge in [0.25, 0.3) is 17.4 Å². The van der Waals surface area contributed by atoms with E-state index >= 15 is 0 Å². The Morgan fingerprint density at radius 1 is 1.14 bits per heavy atom. The lowest BCUT2D eigenvalue weighted by molar-refractivity contribution is 0.0821. The maximum Gasteiger partial charge on any atom is 0.280 e. The third-order valence-electron chi connectivity index (χ3n) is 6.13. The van der Waals surface area contributed by atoms with Crippen LogP contribution in [0.4, 0.5) is 17.3 Å². The first-order valence-electron chi connectivity index (χ1n) is 11.8. The minimum Gasteiger partial charge on any atom is -0.373 e. The van der Waals surface area contributed by atoms with Crippen LogP contribution in [0.5, 0.6) is 0 Å². The highest BCUT2D eigenvalue weighted by Gasteiger charge is 2.23. The van der Waals surface area contributed by atoms with Gasteiger partial charge in [-0.15, -0.1) is 0 Å². The maximum atomic E-state index is 13.2. The Hall–Kier alpha value is -4.81. The van der Waals surface area contributed by atoms with E-state index in [1.807, 2.05) is 0 Å². The summed E-state index contributed by atoms with van der Waals surface area (Å²) in [5.41, 5.74) is 0.713. The number of carbonyl (C=O) groups excluding carboxylic acids is 2. The van der Waals surface area contributed by atoms with Crippen molar-refractivity contribution in [2.45, 2.75) is 25.3 Å². The van der Waals surface area contributed by atoms with E-state index in [0.717, 1.165) is 19.3 Å². The molecule has 37 heavy (non-hydrogen) atoms. The fraction of sp³-hybridized carbons (Fsp3) is 0.292. The van der Waals surface area contributed by atoms with Crippen LogP contribution >= 0.6 is 0 Å². The number of nitrogens with one attached hydrogen (secondary N) is 3. The van der Waals surface area contributed by atoms with Gasteiger partial charge >= 0.3 is 0 Å². The topological polar surface area (TPSA) is 151 Å². The van der Waals surface area contributed by atoms with Crippen molar-refractivity contribution in [2.24, 2.45) is 0 Å². The molecule has 0 spiro atoms. The normalized spacial score (nSPS) is 13.2. The molecule has 0 unspecified atom stereocenters. The first-order valence-corrected chi connectivity index (χ1v) is 11.8. The van der Waals surface area contributed by atoms with Gasteiger partial charge in [0.15, 0.2) is 11.5 Å². The van der Waals surface area contributed by atoms with Crippen LogP contribution in [-0.2, 0) is 0 Å². The van der Waals surface area contributed by atoms with E-state index in [0.29, 0.717) is 22.8 Å². The van der Waals surface area contributed by atoms with Gasteiger partial charge in [-0.25, -0.2) is 15.0 Å². The minimum absolute atomic E-state index is 0.172. The SMILES string of the molecule is CNc1cc(Nc2cccn(-c3cnc(C(=O)N(C)C)cn3)c2=O)nc2c(C(=O)NC3CCC3)cnn12. The molecule has 13 nitrogen and oxygen atoms in total. The van der Waals surface area contributed by atoms with Crippen molar-refractivity contribution in [2.75, 3.05) is 31.8 Å². The van der Waals surface area contributed by atoms with Crippen molar-refractivity contribution in [3.63, 3.8) is 0 Å². The highest BCUT2D eigenvalue weighted by Crippen LogP contribution is 2.23. The number of amides is 2. The zero-order chi connectivity index (χ0) is 26.1. The van der Waals surface area contributed by atoms with Gasteiger partial charge in [0.2, 0.25) is 0 Å². The Morgan fingerprint density at radius 3 is 2.59 bits per heavy atom. The van der Waals surface area contributed by atoms with E-state index < -0.39 is 5.56 Å². The predicted octanol–water partition coefficient (Wildman–Crippen LogP) is 1.44. The van der Waals surface area contributed by atoms with Crippen LogP contribution < -0.4 is 21.5 Å². The lowest BCUT2D eigenvalue weighted by Gasteiger charge is -2.26. The third-order valence-corrected chi connectivity index (χ3v) is 6.13. The van der Waals surface area contributed by atoms with E-state index in [4.69, 9.17) is 0 Å². The molecular weight excluding hydrogens is 476 g/mol. The summed E-state index contributed by atoms with van der Waals surface area (Å²) in [6.07, 6.45) is 8.77. The molecule has 4 aromatic rings. The zero-order valence-electron chi connectivity index (χ0n) is 20.6. The molecule has 3 N–H and O–H groups in total. The number of fused-ring (bicyclic) bond motifs is 1. The summed E-state index contributed by atoms with van der Waals surface area (Å²) in [7, 11) is 4.97. The molecule has 1 aliphatic rings. The van der Waals surface area contributed by atoms with Crippen molar-refractivity contribution in [3.8, 4) is 5.82 Å². The Balaban J connectivity index is 1.46. The lowest BCUT2D eigenvalue weighted by atomic mass is 9.93. The Bertz CT molecular complexity index is 1540. The summed E-state index contributed by atoms with van der Waals surface area (Å²) >= 11 is 0. The lowest BCUT2D eigenvalue weighted by Crippen LogP contribution is -2.39. The van der Waals surface area contributed by atoms with Crippen LogP contribution in [0.3, 0.4) is 0 Å². The van der Waals surface area contributed by atoms with Gasteiger partial charge in [0, 0.05) is 39.4 Å². The second kappa shape index (κ2) is 9.68. The predicted molar refractivity (Wildman–Crippen MR) is 137 cm³/mol. The number of rotatable bonds is 7. The summed E-state index contributed by atoms with van der Waals surface area (Å²) in [6, 6.07) is 5.15. The Labute approximate surface area is 211 Å². The summed E-state index contributed by atoms with van der Waals surface area (Å²) in [5, 5.41) is 13.4. The molecular formula is C24H26N10O3. The number of hydrogen-bond donors (Lipinski definition) is 3. The van der Waals surface area contributed by atoms with E-state index in [1.54, 1.807) is 45.5 Å². The molecule has 5 rings (SSSR count). The van der Waals surface area contributed by atoms with Gasteiger partial charge < -0.3 is 20.9 Å². The highest BCUT2D eigenvalue weighted by molar-refractivity contribution is 6.00. The largest absolute Gasteiger partial charge is 0.373 e. The van der Waals surface area contributed by atoms with Gasteiger partial charge in [0.05, 0.1) is 18.6 Å². The minimum atomic E-state index is -0.396. The van der Waals surface area contributed by atoms with Crippen LogP contribution in [0.2, 0.25) is 0 Å². The molecule has 0 radical (unpaired) electrons. The van der Waals surface area contributed by atoms with Crippen LogP contribution in [0, 0.1) is 0 Å². The van der Waals surface area contributed by atoms with Gasteiger partial charge in [-0.1, -0.05) is 0 Å². The van der Waals surface area contributed by atoms with Crippen molar-refractivity contribution < 1.29 is 9.59 Å². The van der Waals surface area contributed by atoms with Gasteiger partial charge in [-0.2, -0.15) is 9.61 Å². The molecule has 0 bridgehead atoms. The summed E-state index contributed by atoms with van der Waals surface area (Å²) in [5.74, 6) is 0.669. The molecule has 0 aromatic carbocycles. The first-order chi connectivity index (χ1) is 17.9. The number of hydrogen-bond acceptors (Lipinski definition) is 9. The van der Waals surface area contributed by atoms with E-state index in [9.17, 15) is 14.4 Å². The molecule has 4 heterocycles. The smallest absolute Gasteiger partial charge is 0.280 e. The van der Waals surface area contributed by atoms with E-state index in [2.05, 4.69) is 36.0 Å². The van der Waals surface area contributed by atoms with E-state index in [1.165, 1.54) is 32.6 Å². The number of carbonyl (C=O) groups is 2. The van der Waals surface area contributed by atoms with Crippen molar-refractivity contribution in [1.29, 1.82) is 0 Å². The first kappa shape index (κ1) is 23.9. The molecule has 4 aromatic heterocycles. The third kappa shape index (κ3) is 4.58. The second-order valence-corrected chi connectivity index (χ2v) is 8.85. The molecule has 0 aliphatic heterocycles. The Morgan fingerprint density at radius 2 is 1.95 bits per heavy atom. The number of pyridine rings is 1. The standard InChI is InChI=1S/C24H26N10O3/c1-25-19-10-18(31-21-15(11-28-34(19)21)22(35)29-14-6-4-7-14)30-16-8-5-9-33(24(16)37)20-13-26-17(12-27-20)23(36)32(2)3/h5,8-14,25H,4,6-7H2,1-3H3,(H,29,35)(H,30,31). The van der Waals surface area contributed by atoms with Crippen molar-refractivity contribution in [1.82, 2.24) is 39.3 Å². The summed E-state index contributed by atoms with van der Waals surface area (Å²) in [6.45, 7) is 0. The second-order valence-electron chi connectivity index (χ2n) is 8.85. The maximum absolute atomic E-state index is 13.2. The van der Waals surface area contributed by atoms with Crippen LogP contribution in [0.25, 0.3) is 11.5 Å². The summed E-state index contributed by atoms with van der Waals surface area (Å²) < 4.78 is 2.85. The van der Waals surface area contributed by atoms with E-state index in [-0.39, 0.29) is 35.1 Å². The monoisotopic (exact) mass is 502 g/mol. The molecule has 1 aliphatic carbocycles. The average molecular weight is 503 g/mol. The molecule has 0 atom stereocenters. The fourth-order valence-electron chi connectivity index (χ4n) is 3.87. The van der Waals surface area contributed by atoms with Gasteiger partial charge in [0.1, 0.15) is 28.6 Å². The molecule has 1 fully saturated rings. The average Bonchev–Trinajstić information content (AvgIpc) is 3.30. The van der Waals surface area contributed by atoms with Gasteiger partial charge in [-0.05, 0) is 31.4 Å². The van der Waals surface area contributed by atoms with Crippen LogP contribution in [0.15, 0.2) is 47.8 Å². The quantitative estimate of drug-likeness (QED) is 0.341. The molecule has 1 saturated carbocycles. The highest BCUT2D eigenvalue weighted by atomic mass is 16.2. The zero-order valence-corrected chi connectivity index (χ0v) is 20.6. The van der Waals surface area contributed by atoms with Gasteiger partial charge in [-0.3, -0.25) is 19.0 Å². The number of aromatic nitrogens is 6. The Kier molecular flexibility index (Phi) is 6.26. The fourth-order valence-corrected chi connectivity index (χ4v) is 3.87.